The van der Waals surface area contributed by atoms with Gasteiger partial charge in [0.25, 0.3) is 0 Å². The van der Waals surface area contributed by atoms with Gasteiger partial charge in [-0.15, -0.1) is 0 Å². The summed E-state index contributed by atoms with van der Waals surface area (Å²) in [7, 11) is 0. The van der Waals surface area contributed by atoms with Crippen LogP contribution in [-0.4, -0.2) is 30.3 Å². The number of rotatable bonds is 8. The van der Waals surface area contributed by atoms with Crippen LogP contribution in [0.15, 0.2) is 48.5 Å². The summed E-state index contributed by atoms with van der Waals surface area (Å²) in [5, 5.41) is 9.33. The largest absolute Gasteiger partial charge is 0.466 e. The van der Waals surface area contributed by atoms with E-state index in [0.29, 0.717) is 18.4 Å². The summed E-state index contributed by atoms with van der Waals surface area (Å²) < 4.78 is 18.8. The highest BCUT2D eigenvalue weighted by Crippen LogP contribution is 2.23. The van der Waals surface area contributed by atoms with Gasteiger partial charge < -0.3 is 15.6 Å². The van der Waals surface area contributed by atoms with Crippen molar-refractivity contribution in [2.75, 3.05) is 13.2 Å². The van der Waals surface area contributed by atoms with Gasteiger partial charge in [-0.3, -0.25) is 4.79 Å². The van der Waals surface area contributed by atoms with Gasteiger partial charge in [-0.1, -0.05) is 42.5 Å². The lowest BCUT2D eigenvalue weighted by atomic mass is 9.95. The molecule has 0 amide bonds. The minimum absolute atomic E-state index is 0.257. The Balaban J connectivity index is 1.98. The summed E-state index contributed by atoms with van der Waals surface area (Å²) in [5.41, 5.74) is 8.46. The van der Waals surface area contributed by atoms with E-state index < -0.39 is 11.9 Å². The first kappa shape index (κ1) is 19.1. The van der Waals surface area contributed by atoms with E-state index >= 15 is 0 Å². The molecule has 0 bridgehead atoms. The van der Waals surface area contributed by atoms with Crippen LogP contribution in [-0.2, 0) is 16.0 Å². The van der Waals surface area contributed by atoms with Gasteiger partial charge in [-0.05, 0) is 37.0 Å². The minimum Gasteiger partial charge on any atom is -0.466 e. The van der Waals surface area contributed by atoms with Crippen LogP contribution in [0.4, 0.5) is 4.39 Å². The Morgan fingerprint density at radius 1 is 1.20 bits per heavy atom. The van der Waals surface area contributed by atoms with Gasteiger partial charge in [-0.2, -0.15) is 0 Å². The lowest BCUT2D eigenvalue weighted by Crippen LogP contribution is -2.32. The molecule has 1 unspecified atom stereocenters. The molecular weight excluding hydrogens is 321 g/mol. The smallest absolute Gasteiger partial charge is 0.311 e. The van der Waals surface area contributed by atoms with Crippen molar-refractivity contribution in [3.05, 3.63) is 59.9 Å². The first-order valence-electron chi connectivity index (χ1n) is 8.42. The number of aliphatic hydroxyl groups is 1. The third kappa shape index (κ3) is 5.37. The highest BCUT2D eigenvalue weighted by Gasteiger charge is 2.22. The molecule has 0 aliphatic heterocycles. The second-order valence-corrected chi connectivity index (χ2v) is 6.01. The van der Waals surface area contributed by atoms with E-state index in [1.165, 1.54) is 6.07 Å². The molecule has 2 atom stereocenters. The van der Waals surface area contributed by atoms with Gasteiger partial charge in [0, 0.05) is 11.6 Å². The lowest BCUT2D eigenvalue weighted by molar-refractivity contribution is -0.149. The molecule has 2 aromatic carbocycles. The Morgan fingerprint density at radius 3 is 2.48 bits per heavy atom. The van der Waals surface area contributed by atoms with Crippen molar-refractivity contribution >= 4 is 5.97 Å². The maximum atomic E-state index is 13.8. The maximum absolute atomic E-state index is 13.8. The zero-order valence-electron chi connectivity index (χ0n) is 14.3. The van der Waals surface area contributed by atoms with Gasteiger partial charge >= 0.3 is 5.97 Å². The molecule has 0 aromatic heterocycles. The predicted molar refractivity (Wildman–Crippen MR) is 95.3 cm³/mol. The van der Waals surface area contributed by atoms with Crippen molar-refractivity contribution in [2.24, 2.45) is 11.7 Å². The molecule has 0 aliphatic carbocycles. The van der Waals surface area contributed by atoms with E-state index in [0.717, 1.165) is 11.1 Å². The Hall–Kier alpha value is -2.24. The minimum atomic E-state index is -0.604. The van der Waals surface area contributed by atoms with E-state index in [2.05, 4.69) is 0 Å². The molecule has 0 spiro atoms. The summed E-state index contributed by atoms with van der Waals surface area (Å²) in [5.74, 6) is -1.28. The molecule has 3 N–H and O–H groups in total. The Kier molecular flexibility index (Phi) is 7.10. The maximum Gasteiger partial charge on any atom is 0.311 e. The first-order chi connectivity index (χ1) is 12.0. The van der Waals surface area contributed by atoms with Gasteiger partial charge in [0.1, 0.15) is 5.82 Å². The summed E-state index contributed by atoms with van der Waals surface area (Å²) >= 11 is 0. The first-order valence-corrected chi connectivity index (χ1v) is 8.42. The number of ether oxygens (including phenoxy) is 1. The van der Waals surface area contributed by atoms with Crippen molar-refractivity contribution < 1.29 is 19.0 Å². The third-order valence-corrected chi connectivity index (χ3v) is 4.06. The van der Waals surface area contributed by atoms with Crippen LogP contribution in [0, 0.1) is 11.7 Å². The average molecular weight is 345 g/mol. The number of halogens is 1. The molecule has 0 aliphatic rings. The number of nitrogens with two attached hydrogens (primary N) is 1. The van der Waals surface area contributed by atoms with E-state index in [-0.39, 0.29) is 25.1 Å². The molecule has 0 heterocycles. The molecule has 0 saturated carbocycles. The fourth-order valence-electron chi connectivity index (χ4n) is 2.77. The number of carbonyl (C=O) groups is 1. The number of hydrogen-bond acceptors (Lipinski definition) is 4. The molecule has 2 aromatic rings. The van der Waals surface area contributed by atoms with Crippen molar-refractivity contribution in [1.82, 2.24) is 0 Å². The van der Waals surface area contributed by atoms with Crippen LogP contribution in [0.25, 0.3) is 11.1 Å². The zero-order chi connectivity index (χ0) is 18.2. The fraction of sp³-hybridized carbons (Fsp3) is 0.350. The van der Waals surface area contributed by atoms with E-state index in [1.807, 2.05) is 24.3 Å². The highest BCUT2D eigenvalue weighted by atomic mass is 19.1. The Labute approximate surface area is 147 Å². The van der Waals surface area contributed by atoms with Crippen molar-refractivity contribution in [2.45, 2.75) is 25.8 Å². The van der Waals surface area contributed by atoms with Crippen LogP contribution < -0.4 is 5.73 Å². The summed E-state index contributed by atoms with van der Waals surface area (Å²) in [6.45, 7) is 1.73. The van der Waals surface area contributed by atoms with Crippen molar-refractivity contribution in [3.63, 3.8) is 0 Å². The topological polar surface area (TPSA) is 72.5 Å². The van der Waals surface area contributed by atoms with Crippen LogP contribution in [0.2, 0.25) is 0 Å². The third-order valence-electron chi connectivity index (χ3n) is 4.06. The van der Waals surface area contributed by atoms with Crippen LogP contribution in [0.1, 0.15) is 18.9 Å². The molecule has 5 heteroatoms. The van der Waals surface area contributed by atoms with Gasteiger partial charge in [0.15, 0.2) is 0 Å². The zero-order valence-corrected chi connectivity index (χ0v) is 14.3. The standard InChI is InChI=1S/C20H24FNO3/c1-2-25-20(24)16(13-23)12-17(22)11-14-7-9-15(10-8-14)18-5-3-4-6-19(18)21/h3-10,16-17,23H,2,11-13,22H2,1H3/t16?,17-/m1/s1. The highest BCUT2D eigenvalue weighted by molar-refractivity contribution is 5.72. The average Bonchev–Trinajstić information content (AvgIpc) is 2.61. The number of aliphatic hydroxyl groups excluding tert-OH is 1. The Morgan fingerprint density at radius 2 is 1.88 bits per heavy atom. The number of benzene rings is 2. The molecule has 4 nitrogen and oxygen atoms in total. The molecule has 2 rings (SSSR count). The van der Waals surface area contributed by atoms with E-state index in [9.17, 15) is 14.3 Å². The van der Waals surface area contributed by atoms with Gasteiger partial charge in [-0.25, -0.2) is 4.39 Å². The lowest BCUT2D eigenvalue weighted by Gasteiger charge is -2.18. The second-order valence-electron chi connectivity index (χ2n) is 6.01. The fourth-order valence-corrected chi connectivity index (χ4v) is 2.77. The van der Waals surface area contributed by atoms with Gasteiger partial charge in [0.2, 0.25) is 0 Å². The molecule has 134 valence electrons. The quantitative estimate of drug-likeness (QED) is 0.722. The number of hydrogen-bond donors (Lipinski definition) is 2. The Bertz CT molecular complexity index is 688. The van der Waals surface area contributed by atoms with Crippen molar-refractivity contribution in [3.8, 4) is 11.1 Å². The van der Waals surface area contributed by atoms with Gasteiger partial charge in [0.05, 0.1) is 19.1 Å². The monoisotopic (exact) mass is 345 g/mol. The molecule has 25 heavy (non-hydrogen) atoms. The molecular formula is C20H24FNO3. The van der Waals surface area contributed by atoms with Crippen molar-refractivity contribution in [1.29, 1.82) is 0 Å². The summed E-state index contributed by atoms with van der Waals surface area (Å²) in [6.07, 6.45) is 0.915. The predicted octanol–water partition coefficient (Wildman–Crippen LogP) is 2.92. The van der Waals surface area contributed by atoms with E-state index in [4.69, 9.17) is 10.5 Å². The number of carbonyl (C=O) groups excluding carboxylic acids is 1. The summed E-state index contributed by atoms with van der Waals surface area (Å²) in [6, 6.07) is 13.9. The molecule has 0 radical (unpaired) electrons. The van der Waals surface area contributed by atoms with Crippen LogP contribution >= 0.6 is 0 Å². The normalized spacial score (nSPS) is 13.3. The van der Waals surface area contributed by atoms with Crippen LogP contribution in [0.3, 0.4) is 0 Å². The second kappa shape index (κ2) is 9.30. The SMILES string of the molecule is CCOC(=O)C(CO)C[C@H](N)Cc1ccc(-c2ccccc2F)cc1. The van der Waals surface area contributed by atoms with E-state index in [1.54, 1.807) is 25.1 Å². The molecule has 0 fully saturated rings. The molecule has 0 saturated heterocycles. The summed E-state index contributed by atoms with van der Waals surface area (Å²) in [4.78, 5) is 11.7. The van der Waals surface area contributed by atoms with Crippen LogP contribution in [0.5, 0.6) is 0 Å². The number of esters is 1.